The number of ether oxygens (including phenoxy) is 2. The van der Waals surface area contributed by atoms with Crippen LogP contribution in [0.15, 0.2) is 122 Å². The number of hydrogen-bond donors (Lipinski definition) is 1. The van der Waals surface area contributed by atoms with Crippen molar-refractivity contribution in [3.8, 4) is 0 Å². The summed E-state index contributed by atoms with van der Waals surface area (Å²) in [5.74, 6) is -0.820. The third-order valence-corrected chi connectivity index (χ3v) is 19.0. The Morgan fingerprint density at radius 2 is 0.582 bits per heavy atom. The highest BCUT2D eigenvalue weighted by atomic mass is 31.2. The van der Waals surface area contributed by atoms with Crippen molar-refractivity contribution in [3.05, 3.63) is 122 Å². The summed E-state index contributed by atoms with van der Waals surface area (Å²) in [6.45, 7) is 4.33. The molecule has 0 aliphatic carbocycles. The number of nitrogens with zero attached hydrogens (tertiary/aromatic N) is 1. The van der Waals surface area contributed by atoms with Gasteiger partial charge in [0, 0.05) is 12.8 Å². The van der Waals surface area contributed by atoms with Crippen molar-refractivity contribution in [1.82, 2.24) is 0 Å². The highest BCUT2D eigenvalue weighted by molar-refractivity contribution is 7.47. The first kappa shape index (κ1) is 94.4. The van der Waals surface area contributed by atoms with Crippen molar-refractivity contribution >= 4 is 19.8 Å². The molecule has 566 valence electrons. The van der Waals surface area contributed by atoms with Gasteiger partial charge in [0.1, 0.15) is 19.8 Å². The maximum atomic E-state index is 12.9. The number of carbonyl (C=O) groups excluding carboxylic acids is 2. The predicted octanol–water partition coefficient (Wildman–Crippen LogP) is 27.7. The number of phosphoric ester groups is 1. The standard InChI is InChI=1S/C88H156NO8P/c1-6-8-10-12-14-16-18-20-22-24-26-28-30-32-34-36-38-40-42-43-44-45-47-48-50-52-54-56-58-60-62-64-66-68-70-72-74-76-78-80-87(90)94-84-86(85-96-98(92,93)95-83-82-89(3,4)5)97-88(91)81-79-77-75-73-71-69-67-65-63-61-59-57-55-53-51-49-46-41-39-37-35-33-31-29-27-25-23-21-19-17-15-13-11-9-7-2/h9,11,15,17,21,23,27,29,33,35,39,41,49,51,55,57,61,63,67,69,86H,6-8,10,12-14,16,18-20,22,24-26,28,30-32,34,36-38,40,42-48,50,52-54,56,58-60,62,64-66,68,70-85H2,1-5H3/p+1/b11-9-,17-15-,23-21-,29-27-,35-33-,41-39-,51-49-,57-55-,63-61-,69-67-. The van der Waals surface area contributed by atoms with Gasteiger partial charge in [-0.25, -0.2) is 4.57 Å². The van der Waals surface area contributed by atoms with Gasteiger partial charge in [-0.15, -0.1) is 0 Å². The molecule has 2 atom stereocenters. The van der Waals surface area contributed by atoms with E-state index in [1.807, 2.05) is 21.1 Å². The summed E-state index contributed by atoms with van der Waals surface area (Å²) < 4.78 is 34.8. The first-order valence-electron chi connectivity index (χ1n) is 41.3. The zero-order valence-corrected chi connectivity index (χ0v) is 65.6. The van der Waals surface area contributed by atoms with E-state index in [-0.39, 0.29) is 32.0 Å². The molecule has 0 saturated heterocycles. The van der Waals surface area contributed by atoms with Crippen molar-refractivity contribution in [2.75, 3.05) is 47.5 Å². The smallest absolute Gasteiger partial charge is 0.462 e. The van der Waals surface area contributed by atoms with E-state index in [0.717, 1.165) is 109 Å². The van der Waals surface area contributed by atoms with Crippen LogP contribution in [0.4, 0.5) is 0 Å². The van der Waals surface area contributed by atoms with Gasteiger partial charge >= 0.3 is 19.8 Å². The Balaban J connectivity index is 4.00. The van der Waals surface area contributed by atoms with Crippen LogP contribution in [0.3, 0.4) is 0 Å². The van der Waals surface area contributed by atoms with E-state index in [4.69, 9.17) is 18.5 Å². The molecular weight excluding hydrogens is 1230 g/mol. The highest BCUT2D eigenvalue weighted by Gasteiger charge is 2.27. The van der Waals surface area contributed by atoms with E-state index < -0.39 is 26.5 Å². The Morgan fingerprint density at radius 3 is 0.867 bits per heavy atom. The molecule has 0 fully saturated rings. The molecule has 0 heterocycles. The normalized spacial score (nSPS) is 13.7. The maximum Gasteiger partial charge on any atom is 0.472 e. The minimum atomic E-state index is -4.41. The predicted molar refractivity (Wildman–Crippen MR) is 427 cm³/mol. The van der Waals surface area contributed by atoms with Gasteiger partial charge < -0.3 is 18.9 Å². The molecule has 98 heavy (non-hydrogen) atoms. The van der Waals surface area contributed by atoms with Gasteiger partial charge in [-0.3, -0.25) is 18.6 Å². The van der Waals surface area contributed by atoms with Crippen molar-refractivity contribution < 1.29 is 42.1 Å². The minimum absolute atomic E-state index is 0.0218. The van der Waals surface area contributed by atoms with Crippen LogP contribution in [0.2, 0.25) is 0 Å². The van der Waals surface area contributed by atoms with Crippen molar-refractivity contribution in [2.24, 2.45) is 0 Å². The molecule has 0 aliphatic rings. The van der Waals surface area contributed by atoms with Gasteiger partial charge in [-0.2, -0.15) is 0 Å². The molecule has 0 amide bonds. The molecule has 9 nitrogen and oxygen atoms in total. The summed E-state index contributed by atoms with van der Waals surface area (Å²) in [5, 5.41) is 0. The Kier molecular flexibility index (Phi) is 74.7. The molecule has 0 bridgehead atoms. The van der Waals surface area contributed by atoms with Gasteiger partial charge in [-0.05, 0) is 89.9 Å². The number of unbranched alkanes of at least 4 members (excludes halogenated alkanes) is 42. The Bertz CT molecular complexity index is 2070. The Morgan fingerprint density at radius 1 is 0.327 bits per heavy atom. The van der Waals surface area contributed by atoms with E-state index >= 15 is 0 Å². The fourth-order valence-electron chi connectivity index (χ4n) is 11.8. The second-order valence-electron chi connectivity index (χ2n) is 28.8. The van der Waals surface area contributed by atoms with Crippen LogP contribution < -0.4 is 0 Å². The molecule has 0 aliphatic heterocycles. The van der Waals surface area contributed by atoms with Gasteiger partial charge in [-0.1, -0.05) is 392 Å². The number of hydrogen-bond acceptors (Lipinski definition) is 7. The average Bonchev–Trinajstić information content (AvgIpc) is 1.08. The summed E-state index contributed by atoms with van der Waals surface area (Å²) in [6, 6.07) is 0. The second kappa shape index (κ2) is 77.6. The zero-order valence-electron chi connectivity index (χ0n) is 64.8. The van der Waals surface area contributed by atoms with E-state index in [1.165, 1.54) is 231 Å². The number of rotatable bonds is 76. The van der Waals surface area contributed by atoms with Crippen LogP contribution in [0.25, 0.3) is 0 Å². The fraction of sp³-hybridized carbons (Fsp3) is 0.750. The first-order chi connectivity index (χ1) is 48.0. The average molecular weight is 1390 g/mol. The molecule has 1 N–H and O–H groups in total. The summed E-state index contributed by atoms with van der Waals surface area (Å²) in [4.78, 5) is 36.0. The Hall–Kier alpha value is -3.59. The second-order valence-corrected chi connectivity index (χ2v) is 30.2. The quantitative estimate of drug-likeness (QED) is 0.0211. The maximum absolute atomic E-state index is 12.9. The minimum Gasteiger partial charge on any atom is -0.462 e. The molecule has 0 radical (unpaired) electrons. The van der Waals surface area contributed by atoms with E-state index in [9.17, 15) is 19.0 Å². The highest BCUT2D eigenvalue weighted by Crippen LogP contribution is 2.43. The zero-order chi connectivity index (χ0) is 71.1. The number of carbonyl (C=O) groups is 2. The van der Waals surface area contributed by atoms with Gasteiger partial charge in [0.25, 0.3) is 0 Å². The number of likely N-dealkylation sites (N-methyl/N-ethyl adjacent to an activating group) is 1. The van der Waals surface area contributed by atoms with E-state index in [0.29, 0.717) is 17.4 Å². The largest absolute Gasteiger partial charge is 0.472 e. The lowest BCUT2D eigenvalue weighted by Crippen LogP contribution is -2.37. The van der Waals surface area contributed by atoms with Crippen LogP contribution in [-0.4, -0.2) is 74.9 Å². The van der Waals surface area contributed by atoms with Crippen LogP contribution in [0.5, 0.6) is 0 Å². The van der Waals surface area contributed by atoms with Crippen LogP contribution in [0, 0.1) is 0 Å². The summed E-state index contributed by atoms with van der Waals surface area (Å²) in [6.07, 6.45) is 112. The molecule has 0 spiro atoms. The van der Waals surface area contributed by atoms with Crippen LogP contribution in [0.1, 0.15) is 373 Å². The van der Waals surface area contributed by atoms with Gasteiger partial charge in [0.15, 0.2) is 6.10 Å². The van der Waals surface area contributed by atoms with Gasteiger partial charge in [0.05, 0.1) is 27.7 Å². The van der Waals surface area contributed by atoms with E-state index in [2.05, 4.69) is 135 Å². The van der Waals surface area contributed by atoms with Crippen molar-refractivity contribution in [3.63, 3.8) is 0 Å². The topological polar surface area (TPSA) is 108 Å². The third-order valence-electron chi connectivity index (χ3n) is 18.0. The van der Waals surface area contributed by atoms with Crippen LogP contribution >= 0.6 is 7.82 Å². The molecule has 10 heteroatoms. The lowest BCUT2D eigenvalue weighted by Gasteiger charge is -2.24. The molecule has 0 aromatic rings. The first-order valence-corrected chi connectivity index (χ1v) is 42.8. The molecule has 0 aromatic carbocycles. The number of quaternary nitrogens is 1. The number of esters is 2. The van der Waals surface area contributed by atoms with E-state index in [1.54, 1.807) is 0 Å². The van der Waals surface area contributed by atoms with Gasteiger partial charge in [0.2, 0.25) is 0 Å². The molecule has 0 saturated carbocycles. The number of allylic oxidation sites excluding steroid dienone is 20. The summed E-state index contributed by atoms with van der Waals surface area (Å²) in [5.41, 5.74) is 0. The SMILES string of the molecule is CC/C=C\C/C=C\C/C=C\C/C=C\C/C=C\C/C=C\C/C=C\C/C=C\C/C=C\C/C=C\CCCCCCC(=O)OC(COC(=O)CCCCCCCCCCCCCCCCCCCCCCCCCCCCCCCCCCCCCCCCC)COP(=O)(O)OCC[N+](C)(C)C. The number of phosphoric acid groups is 1. The fourth-order valence-corrected chi connectivity index (χ4v) is 12.5. The van der Waals surface area contributed by atoms with Crippen LogP contribution in [-0.2, 0) is 32.7 Å². The molecule has 2 unspecified atom stereocenters. The summed E-state index contributed by atoms with van der Waals surface area (Å²) in [7, 11) is 1.46. The Labute approximate surface area is 607 Å². The summed E-state index contributed by atoms with van der Waals surface area (Å²) >= 11 is 0. The lowest BCUT2D eigenvalue weighted by molar-refractivity contribution is -0.870. The van der Waals surface area contributed by atoms with Crippen molar-refractivity contribution in [1.29, 1.82) is 0 Å². The third kappa shape index (κ3) is 81.4. The molecular formula is C88H157NO8P+. The lowest BCUT2D eigenvalue weighted by atomic mass is 10.0. The van der Waals surface area contributed by atoms with Crippen molar-refractivity contribution in [2.45, 2.75) is 380 Å². The molecule has 0 aromatic heterocycles. The monoisotopic (exact) mass is 1390 g/mol. The molecule has 0 rings (SSSR count).